The number of benzene rings is 2. The number of aryl methyl sites for hydroxylation is 1. The monoisotopic (exact) mass is 418 g/mol. The highest BCUT2D eigenvalue weighted by Gasteiger charge is 2.13. The lowest BCUT2D eigenvalue weighted by atomic mass is 10.1. The summed E-state index contributed by atoms with van der Waals surface area (Å²) in [6.45, 7) is 0.197. The SMILES string of the molecule is Cn1cc(-c2cc(Oc3ccc(O)c(C(=O)NCc4ccc(F)cc4)c3)ccn2)cn1. The largest absolute Gasteiger partial charge is 0.507 e. The Kier molecular flexibility index (Phi) is 5.61. The second kappa shape index (κ2) is 8.66. The number of amides is 1. The van der Waals surface area contributed by atoms with Gasteiger partial charge < -0.3 is 15.2 Å². The van der Waals surface area contributed by atoms with Gasteiger partial charge in [-0.1, -0.05) is 12.1 Å². The molecular formula is C23H19FN4O3. The van der Waals surface area contributed by atoms with Gasteiger partial charge in [-0.15, -0.1) is 0 Å². The molecular weight excluding hydrogens is 399 g/mol. The second-order valence-corrected chi connectivity index (χ2v) is 6.87. The van der Waals surface area contributed by atoms with Gasteiger partial charge in [-0.3, -0.25) is 14.5 Å². The quantitative estimate of drug-likeness (QED) is 0.493. The number of hydrogen-bond acceptors (Lipinski definition) is 5. The molecule has 1 amide bonds. The molecule has 0 spiro atoms. The Morgan fingerprint density at radius 2 is 1.90 bits per heavy atom. The average Bonchev–Trinajstić information content (AvgIpc) is 3.21. The van der Waals surface area contributed by atoms with Crippen LogP contribution in [-0.2, 0) is 13.6 Å². The van der Waals surface area contributed by atoms with Crippen molar-refractivity contribution in [2.45, 2.75) is 6.54 Å². The minimum absolute atomic E-state index is 0.0705. The second-order valence-electron chi connectivity index (χ2n) is 6.87. The Balaban J connectivity index is 1.48. The molecule has 0 saturated heterocycles. The first-order valence-corrected chi connectivity index (χ1v) is 9.46. The zero-order valence-corrected chi connectivity index (χ0v) is 16.6. The van der Waals surface area contributed by atoms with Crippen LogP contribution >= 0.6 is 0 Å². The van der Waals surface area contributed by atoms with E-state index in [1.165, 1.54) is 24.3 Å². The van der Waals surface area contributed by atoms with Crippen molar-refractivity contribution >= 4 is 5.91 Å². The molecule has 2 N–H and O–H groups in total. The molecule has 7 nitrogen and oxygen atoms in total. The first kappa shape index (κ1) is 20.1. The fourth-order valence-electron chi connectivity index (χ4n) is 2.96. The van der Waals surface area contributed by atoms with Crippen molar-refractivity contribution in [1.29, 1.82) is 0 Å². The zero-order chi connectivity index (χ0) is 21.8. The van der Waals surface area contributed by atoms with Gasteiger partial charge in [0.05, 0.1) is 17.5 Å². The molecule has 0 bridgehead atoms. The topological polar surface area (TPSA) is 89.3 Å². The Labute approximate surface area is 177 Å². The summed E-state index contributed by atoms with van der Waals surface area (Å²) in [5, 5.41) is 17.0. The van der Waals surface area contributed by atoms with E-state index < -0.39 is 5.91 Å². The van der Waals surface area contributed by atoms with Crippen LogP contribution in [0.3, 0.4) is 0 Å². The zero-order valence-electron chi connectivity index (χ0n) is 16.6. The van der Waals surface area contributed by atoms with Crippen LogP contribution in [0.5, 0.6) is 17.2 Å². The molecule has 2 heterocycles. The normalized spacial score (nSPS) is 10.6. The number of pyridine rings is 1. The van der Waals surface area contributed by atoms with E-state index in [9.17, 15) is 14.3 Å². The fraction of sp³-hybridized carbons (Fsp3) is 0.0870. The minimum atomic E-state index is -0.474. The number of ether oxygens (including phenoxy) is 1. The number of nitrogens with zero attached hydrogens (tertiary/aromatic N) is 3. The summed E-state index contributed by atoms with van der Waals surface area (Å²) >= 11 is 0. The summed E-state index contributed by atoms with van der Waals surface area (Å²) in [5.74, 6) is -0.0848. The van der Waals surface area contributed by atoms with E-state index in [1.807, 2.05) is 13.2 Å². The Morgan fingerprint density at radius 3 is 2.65 bits per heavy atom. The molecule has 31 heavy (non-hydrogen) atoms. The van der Waals surface area contributed by atoms with Crippen LogP contribution in [0.4, 0.5) is 4.39 Å². The van der Waals surface area contributed by atoms with Gasteiger partial charge in [-0.25, -0.2) is 4.39 Å². The Morgan fingerprint density at radius 1 is 1.13 bits per heavy atom. The number of nitrogens with one attached hydrogen (secondary N) is 1. The third-order valence-corrected chi connectivity index (χ3v) is 4.55. The van der Waals surface area contributed by atoms with Crippen LogP contribution < -0.4 is 10.1 Å². The summed E-state index contributed by atoms with van der Waals surface area (Å²) in [4.78, 5) is 16.9. The number of phenolic OH excluding ortho intramolecular Hbond substituents is 1. The third kappa shape index (κ3) is 4.87. The lowest BCUT2D eigenvalue weighted by Crippen LogP contribution is -2.22. The van der Waals surface area contributed by atoms with Crippen molar-refractivity contribution in [2.24, 2.45) is 7.05 Å². The van der Waals surface area contributed by atoms with E-state index in [-0.39, 0.29) is 23.7 Å². The van der Waals surface area contributed by atoms with Gasteiger partial charge in [-0.05, 0) is 42.0 Å². The molecule has 0 unspecified atom stereocenters. The lowest BCUT2D eigenvalue weighted by molar-refractivity contribution is 0.0948. The molecule has 0 atom stereocenters. The van der Waals surface area contributed by atoms with Crippen LogP contribution in [0.1, 0.15) is 15.9 Å². The number of carbonyl (C=O) groups excluding carboxylic acids is 1. The highest BCUT2D eigenvalue weighted by molar-refractivity contribution is 5.97. The maximum Gasteiger partial charge on any atom is 0.255 e. The number of hydrogen-bond donors (Lipinski definition) is 2. The molecule has 156 valence electrons. The van der Waals surface area contributed by atoms with Crippen LogP contribution in [0.25, 0.3) is 11.3 Å². The highest BCUT2D eigenvalue weighted by atomic mass is 19.1. The van der Waals surface area contributed by atoms with Gasteiger partial charge >= 0.3 is 0 Å². The van der Waals surface area contributed by atoms with E-state index in [0.717, 1.165) is 11.1 Å². The van der Waals surface area contributed by atoms with Crippen molar-refractivity contribution in [3.63, 3.8) is 0 Å². The molecule has 2 aromatic carbocycles. The molecule has 0 radical (unpaired) electrons. The van der Waals surface area contributed by atoms with Gasteiger partial charge in [-0.2, -0.15) is 5.10 Å². The molecule has 0 aliphatic carbocycles. The van der Waals surface area contributed by atoms with Crippen LogP contribution in [0.2, 0.25) is 0 Å². The molecule has 8 heteroatoms. The molecule has 4 aromatic rings. The summed E-state index contributed by atoms with van der Waals surface area (Å²) in [7, 11) is 1.82. The van der Waals surface area contributed by atoms with E-state index in [0.29, 0.717) is 17.2 Å². The fourth-order valence-corrected chi connectivity index (χ4v) is 2.96. The maximum absolute atomic E-state index is 13.0. The average molecular weight is 418 g/mol. The molecule has 0 saturated carbocycles. The molecule has 0 fully saturated rings. The van der Waals surface area contributed by atoms with E-state index >= 15 is 0 Å². The Bertz CT molecular complexity index is 1220. The molecule has 0 aliphatic heterocycles. The molecule has 2 aromatic heterocycles. The number of halogens is 1. The maximum atomic E-state index is 13.0. The molecule has 0 aliphatic rings. The van der Waals surface area contributed by atoms with Gasteiger partial charge in [0.15, 0.2) is 0 Å². The smallest absolute Gasteiger partial charge is 0.255 e. The van der Waals surface area contributed by atoms with Crippen LogP contribution in [-0.4, -0.2) is 25.8 Å². The number of phenols is 1. The van der Waals surface area contributed by atoms with E-state index in [1.54, 1.807) is 47.4 Å². The number of aromatic hydroxyl groups is 1. The summed E-state index contributed by atoms with van der Waals surface area (Å²) in [5.41, 5.74) is 2.35. The predicted molar refractivity (Wildman–Crippen MR) is 112 cm³/mol. The number of aromatic nitrogens is 3. The number of rotatable bonds is 6. The minimum Gasteiger partial charge on any atom is -0.507 e. The van der Waals surface area contributed by atoms with E-state index in [4.69, 9.17) is 4.74 Å². The summed E-state index contributed by atoms with van der Waals surface area (Å²) < 4.78 is 20.6. The number of carbonyl (C=O) groups is 1. The van der Waals surface area contributed by atoms with Crippen molar-refractivity contribution in [1.82, 2.24) is 20.1 Å². The predicted octanol–water partition coefficient (Wildman–Crippen LogP) is 4.05. The third-order valence-electron chi connectivity index (χ3n) is 4.55. The summed E-state index contributed by atoms with van der Waals surface area (Å²) in [6, 6.07) is 13.7. The standard InChI is InChI=1S/C23H19FN4O3/c1-28-14-16(13-27-28)21-11-19(8-9-25-21)31-18-6-7-22(29)20(10-18)23(30)26-12-15-2-4-17(24)5-3-15/h2-11,13-14,29H,12H2,1H3,(H,26,30). The first-order valence-electron chi connectivity index (χ1n) is 9.46. The van der Waals surface area contributed by atoms with E-state index in [2.05, 4.69) is 15.4 Å². The highest BCUT2D eigenvalue weighted by Crippen LogP contribution is 2.29. The van der Waals surface area contributed by atoms with Gasteiger partial charge in [0.25, 0.3) is 5.91 Å². The lowest BCUT2D eigenvalue weighted by Gasteiger charge is -2.11. The summed E-state index contributed by atoms with van der Waals surface area (Å²) in [6.07, 6.45) is 5.17. The van der Waals surface area contributed by atoms with Crippen molar-refractivity contribution in [3.05, 3.63) is 90.1 Å². The van der Waals surface area contributed by atoms with Gasteiger partial charge in [0, 0.05) is 37.6 Å². The van der Waals surface area contributed by atoms with Crippen LogP contribution in [0.15, 0.2) is 73.2 Å². The molecule has 4 rings (SSSR count). The van der Waals surface area contributed by atoms with Gasteiger partial charge in [0.1, 0.15) is 23.1 Å². The van der Waals surface area contributed by atoms with Crippen molar-refractivity contribution in [2.75, 3.05) is 0 Å². The van der Waals surface area contributed by atoms with Crippen molar-refractivity contribution < 1.29 is 19.0 Å². The Hall–Kier alpha value is -4.20. The van der Waals surface area contributed by atoms with Gasteiger partial charge in [0.2, 0.25) is 0 Å². The first-order chi connectivity index (χ1) is 15.0. The van der Waals surface area contributed by atoms with Crippen LogP contribution in [0, 0.1) is 5.82 Å². The van der Waals surface area contributed by atoms with Crippen molar-refractivity contribution in [3.8, 4) is 28.5 Å².